The maximum atomic E-state index is 11.3. The molecule has 88 valence electrons. The van der Waals surface area contributed by atoms with Crippen molar-refractivity contribution in [1.29, 1.82) is 0 Å². The van der Waals surface area contributed by atoms with Gasteiger partial charge in [0.2, 0.25) is 0 Å². The second-order valence-electron chi connectivity index (χ2n) is 3.41. The van der Waals surface area contributed by atoms with Gasteiger partial charge in [0.05, 0.1) is 6.61 Å². The Kier molecular flexibility index (Phi) is 5.35. The summed E-state index contributed by atoms with van der Waals surface area (Å²) in [6.45, 7) is 2.15. The third kappa shape index (κ3) is 3.87. The molecule has 0 spiro atoms. The number of thioether (sulfide) groups is 1. The van der Waals surface area contributed by atoms with Crippen molar-refractivity contribution in [3.8, 4) is 0 Å². The zero-order valence-electron chi connectivity index (χ0n) is 9.60. The molecule has 0 aromatic heterocycles. The van der Waals surface area contributed by atoms with Crippen LogP contribution in [-0.2, 0) is 16.0 Å². The van der Waals surface area contributed by atoms with E-state index in [0.717, 1.165) is 5.56 Å². The Balaban J connectivity index is 2.61. The van der Waals surface area contributed by atoms with E-state index < -0.39 is 6.04 Å². The summed E-state index contributed by atoms with van der Waals surface area (Å²) < 4.78 is 4.86. The van der Waals surface area contributed by atoms with Gasteiger partial charge in [0, 0.05) is 4.90 Å². The van der Waals surface area contributed by atoms with Gasteiger partial charge in [0.15, 0.2) is 0 Å². The van der Waals surface area contributed by atoms with E-state index in [1.807, 2.05) is 30.5 Å². The van der Waals surface area contributed by atoms with Crippen LogP contribution in [0.1, 0.15) is 12.5 Å². The van der Waals surface area contributed by atoms with Crippen molar-refractivity contribution in [2.45, 2.75) is 24.3 Å². The Morgan fingerprint density at radius 3 is 2.94 bits per heavy atom. The molecule has 0 saturated carbocycles. The second-order valence-corrected chi connectivity index (χ2v) is 4.29. The number of carbonyl (C=O) groups excluding carboxylic acids is 1. The largest absolute Gasteiger partial charge is 0.465 e. The topological polar surface area (TPSA) is 52.3 Å². The molecule has 0 amide bonds. The minimum Gasteiger partial charge on any atom is -0.465 e. The highest BCUT2D eigenvalue weighted by molar-refractivity contribution is 7.98. The fourth-order valence-electron chi connectivity index (χ4n) is 1.39. The van der Waals surface area contributed by atoms with Crippen molar-refractivity contribution >= 4 is 17.7 Å². The van der Waals surface area contributed by atoms with Crippen LogP contribution in [-0.4, -0.2) is 24.9 Å². The van der Waals surface area contributed by atoms with Crippen LogP contribution in [0.4, 0.5) is 0 Å². The van der Waals surface area contributed by atoms with Crippen LogP contribution in [0, 0.1) is 0 Å². The maximum absolute atomic E-state index is 11.3. The summed E-state index contributed by atoms with van der Waals surface area (Å²) in [5.41, 5.74) is 6.81. The lowest BCUT2D eigenvalue weighted by atomic mass is 10.1. The lowest BCUT2D eigenvalue weighted by Gasteiger charge is -2.10. The molecule has 0 aliphatic carbocycles. The summed E-state index contributed by atoms with van der Waals surface area (Å²) in [6, 6.07) is 7.45. The highest BCUT2D eigenvalue weighted by atomic mass is 32.2. The first kappa shape index (κ1) is 13.1. The molecule has 2 N–H and O–H groups in total. The van der Waals surface area contributed by atoms with E-state index in [1.165, 1.54) is 4.90 Å². The van der Waals surface area contributed by atoms with E-state index in [0.29, 0.717) is 13.0 Å². The summed E-state index contributed by atoms with van der Waals surface area (Å²) in [5, 5.41) is 0. The fourth-order valence-corrected chi connectivity index (χ4v) is 1.87. The average molecular weight is 239 g/mol. The average Bonchev–Trinajstić information content (AvgIpc) is 2.29. The number of benzene rings is 1. The van der Waals surface area contributed by atoms with Gasteiger partial charge in [-0.15, -0.1) is 11.8 Å². The molecule has 16 heavy (non-hydrogen) atoms. The number of hydrogen-bond acceptors (Lipinski definition) is 4. The molecule has 1 aromatic carbocycles. The van der Waals surface area contributed by atoms with E-state index in [4.69, 9.17) is 10.5 Å². The normalized spacial score (nSPS) is 12.2. The van der Waals surface area contributed by atoms with Crippen LogP contribution in [0.5, 0.6) is 0 Å². The smallest absolute Gasteiger partial charge is 0.323 e. The van der Waals surface area contributed by atoms with E-state index in [2.05, 4.69) is 0 Å². The summed E-state index contributed by atoms with van der Waals surface area (Å²) in [7, 11) is 0. The SMILES string of the molecule is CCOC(=O)C(N)Cc1cccc(SC)c1. The Labute approximate surface area is 100 Å². The minimum atomic E-state index is -0.572. The zero-order chi connectivity index (χ0) is 12.0. The molecule has 1 rings (SSSR count). The van der Waals surface area contributed by atoms with E-state index in [1.54, 1.807) is 18.7 Å². The molecule has 1 aromatic rings. The minimum absolute atomic E-state index is 0.336. The highest BCUT2D eigenvalue weighted by Crippen LogP contribution is 2.16. The van der Waals surface area contributed by atoms with Gasteiger partial charge in [-0.25, -0.2) is 0 Å². The molecular formula is C12H17NO2S. The van der Waals surface area contributed by atoms with Gasteiger partial charge < -0.3 is 10.5 Å². The van der Waals surface area contributed by atoms with E-state index in [-0.39, 0.29) is 5.97 Å². The molecule has 3 nitrogen and oxygen atoms in total. The monoisotopic (exact) mass is 239 g/mol. The first-order valence-corrected chi connectivity index (χ1v) is 6.45. The van der Waals surface area contributed by atoms with Gasteiger partial charge in [0.1, 0.15) is 6.04 Å². The lowest BCUT2D eigenvalue weighted by molar-refractivity contribution is -0.144. The van der Waals surface area contributed by atoms with Crippen LogP contribution < -0.4 is 5.73 Å². The lowest BCUT2D eigenvalue weighted by Crippen LogP contribution is -2.34. The van der Waals surface area contributed by atoms with Crippen molar-refractivity contribution in [2.75, 3.05) is 12.9 Å². The van der Waals surface area contributed by atoms with Crippen LogP contribution in [0.25, 0.3) is 0 Å². The van der Waals surface area contributed by atoms with Gasteiger partial charge in [0.25, 0.3) is 0 Å². The molecule has 0 bridgehead atoms. The molecule has 0 fully saturated rings. The predicted molar refractivity (Wildman–Crippen MR) is 66.5 cm³/mol. The summed E-state index contributed by atoms with van der Waals surface area (Å²) in [4.78, 5) is 12.5. The Morgan fingerprint density at radius 1 is 1.56 bits per heavy atom. The fraction of sp³-hybridized carbons (Fsp3) is 0.417. The molecule has 0 radical (unpaired) electrons. The van der Waals surface area contributed by atoms with E-state index in [9.17, 15) is 4.79 Å². The summed E-state index contributed by atoms with van der Waals surface area (Å²) >= 11 is 1.67. The number of rotatable bonds is 5. The second kappa shape index (κ2) is 6.55. The molecule has 0 aliphatic heterocycles. The maximum Gasteiger partial charge on any atom is 0.323 e. The Morgan fingerprint density at radius 2 is 2.31 bits per heavy atom. The van der Waals surface area contributed by atoms with E-state index >= 15 is 0 Å². The first-order chi connectivity index (χ1) is 7.67. The van der Waals surface area contributed by atoms with Crippen molar-refractivity contribution in [1.82, 2.24) is 0 Å². The number of carbonyl (C=O) groups is 1. The zero-order valence-corrected chi connectivity index (χ0v) is 10.4. The molecule has 4 heteroatoms. The van der Waals surface area contributed by atoms with Crippen molar-refractivity contribution in [3.05, 3.63) is 29.8 Å². The van der Waals surface area contributed by atoms with Crippen molar-refractivity contribution in [2.24, 2.45) is 5.73 Å². The highest BCUT2D eigenvalue weighted by Gasteiger charge is 2.14. The molecular weight excluding hydrogens is 222 g/mol. The third-order valence-corrected chi connectivity index (χ3v) is 2.90. The van der Waals surface area contributed by atoms with Gasteiger partial charge >= 0.3 is 5.97 Å². The van der Waals surface area contributed by atoms with Crippen molar-refractivity contribution in [3.63, 3.8) is 0 Å². The molecule has 1 atom stereocenters. The standard InChI is InChI=1S/C12H17NO2S/c1-3-15-12(14)11(13)8-9-5-4-6-10(7-9)16-2/h4-7,11H,3,8,13H2,1-2H3. The Bertz CT molecular complexity index is 355. The van der Waals surface area contributed by atoms with Crippen LogP contribution in [0.2, 0.25) is 0 Å². The van der Waals surface area contributed by atoms with Crippen molar-refractivity contribution < 1.29 is 9.53 Å². The predicted octanol–water partition coefficient (Wildman–Crippen LogP) is 1.84. The number of hydrogen-bond donors (Lipinski definition) is 1. The van der Waals surface area contributed by atoms with Crippen LogP contribution >= 0.6 is 11.8 Å². The summed E-state index contributed by atoms with van der Waals surface area (Å²) in [5.74, 6) is -0.336. The van der Waals surface area contributed by atoms with Gasteiger partial charge in [-0.3, -0.25) is 4.79 Å². The van der Waals surface area contributed by atoms with Crippen LogP contribution in [0.3, 0.4) is 0 Å². The molecule has 0 heterocycles. The summed E-state index contributed by atoms with van der Waals surface area (Å²) in [6.07, 6.45) is 2.54. The van der Waals surface area contributed by atoms with Crippen LogP contribution in [0.15, 0.2) is 29.2 Å². The number of nitrogens with two attached hydrogens (primary N) is 1. The Hall–Kier alpha value is -1.00. The quantitative estimate of drug-likeness (QED) is 0.629. The molecule has 0 aliphatic rings. The number of ether oxygens (including phenoxy) is 1. The van der Waals surface area contributed by atoms with Gasteiger partial charge in [-0.05, 0) is 37.3 Å². The number of esters is 1. The molecule has 1 unspecified atom stereocenters. The van der Waals surface area contributed by atoms with Gasteiger partial charge in [-0.1, -0.05) is 12.1 Å². The first-order valence-electron chi connectivity index (χ1n) is 5.22. The third-order valence-electron chi connectivity index (χ3n) is 2.18. The van der Waals surface area contributed by atoms with Gasteiger partial charge in [-0.2, -0.15) is 0 Å². The molecule has 0 saturated heterocycles.